The molecule has 0 aliphatic carbocycles. The molecule has 0 spiro atoms. The molecule has 144 valence electrons. The second kappa shape index (κ2) is 7.72. The summed E-state index contributed by atoms with van der Waals surface area (Å²) in [5.41, 5.74) is 4.73. The van der Waals surface area contributed by atoms with E-state index in [-0.39, 0.29) is 18.9 Å². The Morgan fingerprint density at radius 1 is 1.11 bits per heavy atom. The van der Waals surface area contributed by atoms with Crippen molar-refractivity contribution in [2.45, 2.75) is 33.1 Å². The van der Waals surface area contributed by atoms with Crippen molar-refractivity contribution < 1.29 is 13.2 Å². The Morgan fingerprint density at radius 2 is 1.78 bits per heavy atom. The summed E-state index contributed by atoms with van der Waals surface area (Å²) in [6.07, 6.45) is 3.23. The van der Waals surface area contributed by atoms with Gasteiger partial charge in [-0.15, -0.1) is 0 Å². The van der Waals surface area contributed by atoms with Gasteiger partial charge in [0.05, 0.1) is 11.9 Å². The Kier molecular flexibility index (Phi) is 5.56. The van der Waals surface area contributed by atoms with Crippen LogP contribution in [0, 0.1) is 13.8 Å². The number of benzene rings is 2. The Hall–Kier alpha value is -2.34. The zero-order valence-corrected chi connectivity index (χ0v) is 16.9. The maximum atomic E-state index is 12.9. The third kappa shape index (κ3) is 4.50. The van der Waals surface area contributed by atoms with Crippen LogP contribution >= 0.6 is 0 Å². The molecule has 6 heteroatoms. The molecule has 1 aliphatic rings. The van der Waals surface area contributed by atoms with E-state index in [0.717, 1.165) is 29.7 Å². The molecule has 0 radical (unpaired) electrons. The summed E-state index contributed by atoms with van der Waals surface area (Å²) in [5.74, 6) is -0.0415. The van der Waals surface area contributed by atoms with Crippen molar-refractivity contribution in [3.8, 4) is 0 Å². The van der Waals surface area contributed by atoms with E-state index < -0.39 is 10.0 Å². The zero-order chi connectivity index (χ0) is 19.6. The van der Waals surface area contributed by atoms with Gasteiger partial charge in [0.25, 0.3) is 0 Å². The zero-order valence-electron chi connectivity index (χ0n) is 16.1. The number of carbonyl (C=O) groups excluding carboxylic acids is 1. The fourth-order valence-corrected chi connectivity index (χ4v) is 4.62. The molecule has 0 N–H and O–H groups in total. The molecule has 0 bridgehead atoms. The molecule has 5 nitrogen and oxygen atoms in total. The van der Waals surface area contributed by atoms with Gasteiger partial charge in [0.1, 0.15) is 0 Å². The smallest absolute Gasteiger partial charge is 0.232 e. The number of nitrogens with zero attached hydrogens (tertiary/aromatic N) is 2. The summed E-state index contributed by atoms with van der Waals surface area (Å²) >= 11 is 0. The Labute approximate surface area is 161 Å². The van der Waals surface area contributed by atoms with Crippen LogP contribution in [-0.4, -0.2) is 33.7 Å². The number of aryl methyl sites for hydroxylation is 3. The third-order valence-electron chi connectivity index (χ3n) is 4.83. The van der Waals surface area contributed by atoms with E-state index in [9.17, 15) is 13.2 Å². The Morgan fingerprint density at radius 3 is 2.44 bits per heavy atom. The van der Waals surface area contributed by atoms with E-state index in [1.165, 1.54) is 16.1 Å². The van der Waals surface area contributed by atoms with Gasteiger partial charge in [0.15, 0.2) is 0 Å². The Bertz CT molecular complexity index is 933. The highest BCUT2D eigenvalue weighted by Gasteiger charge is 2.24. The van der Waals surface area contributed by atoms with Crippen LogP contribution in [-0.2, 0) is 21.2 Å². The van der Waals surface area contributed by atoms with E-state index in [1.807, 2.05) is 56.3 Å². The lowest BCUT2D eigenvalue weighted by molar-refractivity contribution is -0.118. The average Bonchev–Trinajstić information content (AvgIpc) is 2.59. The molecule has 3 rings (SSSR count). The normalized spacial score (nSPS) is 14.0. The molecule has 2 aromatic rings. The highest BCUT2D eigenvalue weighted by molar-refractivity contribution is 7.92. The van der Waals surface area contributed by atoms with Gasteiger partial charge in [-0.3, -0.25) is 9.10 Å². The minimum absolute atomic E-state index is 0.0415. The molecule has 1 amide bonds. The molecule has 0 saturated carbocycles. The second-order valence-electron chi connectivity index (χ2n) is 7.21. The summed E-state index contributed by atoms with van der Waals surface area (Å²) in [6.45, 7) is 4.69. The third-order valence-corrected chi connectivity index (χ3v) is 6.03. The average molecular weight is 387 g/mol. The van der Waals surface area contributed by atoms with Gasteiger partial charge in [-0.25, -0.2) is 8.42 Å². The van der Waals surface area contributed by atoms with Crippen LogP contribution in [0.25, 0.3) is 0 Å². The van der Waals surface area contributed by atoms with Gasteiger partial charge < -0.3 is 4.90 Å². The van der Waals surface area contributed by atoms with Gasteiger partial charge in [-0.1, -0.05) is 24.3 Å². The first-order chi connectivity index (χ1) is 12.8. The van der Waals surface area contributed by atoms with Crippen LogP contribution in [0.1, 0.15) is 29.5 Å². The van der Waals surface area contributed by atoms with Crippen LogP contribution in [0.15, 0.2) is 42.5 Å². The van der Waals surface area contributed by atoms with Crippen molar-refractivity contribution in [2.24, 2.45) is 0 Å². The molecule has 27 heavy (non-hydrogen) atoms. The summed E-state index contributed by atoms with van der Waals surface area (Å²) < 4.78 is 26.0. The van der Waals surface area contributed by atoms with Crippen molar-refractivity contribution in [1.29, 1.82) is 0 Å². The molecule has 0 aromatic heterocycles. The van der Waals surface area contributed by atoms with Gasteiger partial charge in [-0.2, -0.15) is 0 Å². The number of anilines is 2. The van der Waals surface area contributed by atoms with Crippen molar-refractivity contribution in [3.63, 3.8) is 0 Å². The highest BCUT2D eigenvalue weighted by Crippen LogP contribution is 2.28. The SMILES string of the molecule is Cc1cc(C)cc(N(CCC(=O)N2CCCc3ccccc32)S(C)(=O)=O)c1. The fraction of sp³-hybridized carbons (Fsp3) is 0.381. The number of carbonyl (C=O) groups is 1. The number of fused-ring (bicyclic) bond motifs is 1. The lowest BCUT2D eigenvalue weighted by Gasteiger charge is -2.30. The van der Waals surface area contributed by atoms with Crippen molar-refractivity contribution >= 4 is 27.3 Å². The maximum absolute atomic E-state index is 12.9. The van der Waals surface area contributed by atoms with Crippen molar-refractivity contribution in [3.05, 3.63) is 59.2 Å². The van der Waals surface area contributed by atoms with Gasteiger partial charge in [-0.05, 0) is 61.6 Å². The van der Waals surface area contributed by atoms with Crippen LogP contribution < -0.4 is 9.21 Å². The van der Waals surface area contributed by atoms with Gasteiger partial charge >= 0.3 is 0 Å². The molecule has 0 saturated heterocycles. The quantitative estimate of drug-likeness (QED) is 0.791. The predicted octanol–water partition coefficient (Wildman–Crippen LogP) is 3.44. The summed E-state index contributed by atoms with van der Waals surface area (Å²) in [6, 6.07) is 13.6. The topological polar surface area (TPSA) is 57.7 Å². The molecule has 2 aromatic carbocycles. The maximum Gasteiger partial charge on any atom is 0.232 e. The molecular weight excluding hydrogens is 360 g/mol. The second-order valence-corrected chi connectivity index (χ2v) is 9.12. The number of para-hydroxylation sites is 1. The van der Waals surface area contributed by atoms with Crippen LogP contribution in [0.3, 0.4) is 0 Å². The molecular formula is C21H26N2O3S. The lowest BCUT2D eigenvalue weighted by atomic mass is 10.0. The van der Waals surface area contributed by atoms with Crippen LogP contribution in [0.5, 0.6) is 0 Å². The first-order valence-corrected chi connectivity index (χ1v) is 11.0. The number of rotatable bonds is 5. The molecule has 1 heterocycles. The minimum Gasteiger partial charge on any atom is -0.312 e. The standard InChI is InChI=1S/C21H26N2O3S/c1-16-13-17(2)15-19(14-16)23(27(3,25)26)12-10-21(24)22-11-6-8-18-7-4-5-9-20(18)22/h4-5,7,9,13-15H,6,8,10-12H2,1-3H3. The fourth-order valence-electron chi connectivity index (χ4n) is 3.71. The van der Waals surface area contributed by atoms with Crippen LogP contribution in [0.4, 0.5) is 11.4 Å². The van der Waals surface area contributed by atoms with Crippen molar-refractivity contribution in [1.82, 2.24) is 0 Å². The van der Waals surface area contributed by atoms with Gasteiger partial charge in [0, 0.05) is 25.2 Å². The van der Waals surface area contributed by atoms with Gasteiger partial charge in [0.2, 0.25) is 15.9 Å². The summed E-state index contributed by atoms with van der Waals surface area (Å²) in [4.78, 5) is 14.7. The minimum atomic E-state index is -3.48. The van der Waals surface area contributed by atoms with Crippen molar-refractivity contribution in [2.75, 3.05) is 28.6 Å². The first-order valence-electron chi connectivity index (χ1n) is 9.20. The number of amides is 1. The predicted molar refractivity (Wildman–Crippen MR) is 110 cm³/mol. The summed E-state index contributed by atoms with van der Waals surface area (Å²) in [7, 11) is -3.48. The largest absolute Gasteiger partial charge is 0.312 e. The molecule has 1 aliphatic heterocycles. The number of sulfonamides is 1. The Balaban J connectivity index is 1.80. The van der Waals surface area contributed by atoms with E-state index in [2.05, 4.69) is 0 Å². The monoisotopic (exact) mass is 386 g/mol. The van der Waals surface area contributed by atoms with E-state index in [1.54, 1.807) is 4.90 Å². The first kappa shape index (κ1) is 19.4. The van der Waals surface area contributed by atoms with Crippen LogP contribution in [0.2, 0.25) is 0 Å². The number of hydrogen-bond donors (Lipinski definition) is 0. The lowest BCUT2D eigenvalue weighted by Crippen LogP contribution is -2.39. The molecule has 0 unspecified atom stereocenters. The summed E-state index contributed by atoms with van der Waals surface area (Å²) in [5, 5.41) is 0. The molecule has 0 atom stereocenters. The number of hydrogen-bond acceptors (Lipinski definition) is 3. The molecule has 0 fully saturated rings. The van der Waals surface area contributed by atoms with E-state index in [0.29, 0.717) is 12.2 Å². The highest BCUT2D eigenvalue weighted by atomic mass is 32.2. The van der Waals surface area contributed by atoms with E-state index in [4.69, 9.17) is 0 Å². The van der Waals surface area contributed by atoms with E-state index >= 15 is 0 Å².